The second-order valence-corrected chi connectivity index (χ2v) is 5.22. The molecule has 2 N–H and O–H groups in total. The van der Waals surface area contributed by atoms with Crippen LogP contribution in [0.2, 0.25) is 10.0 Å². The molecule has 0 amide bonds. The zero-order valence-electron chi connectivity index (χ0n) is 10.1. The lowest BCUT2D eigenvalue weighted by molar-refractivity contribution is -0.126. The molecule has 1 rings (SSSR count). The van der Waals surface area contributed by atoms with Gasteiger partial charge in [-0.25, -0.2) is 0 Å². The number of benzene rings is 1. The minimum Gasteiger partial charge on any atom is -0.329 e. The summed E-state index contributed by atoms with van der Waals surface area (Å²) in [4.78, 5) is 12.2. The lowest BCUT2D eigenvalue weighted by Crippen LogP contribution is -2.36. The van der Waals surface area contributed by atoms with Crippen LogP contribution in [-0.4, -0.2) is 12.3 Å². The van der Waals surface area contributed by atoms with Gasteiger partial charge in [0.25, 0.3) is 0 Å². The van der Waals surface area contributed by atoms with Gasteiger partial charge in [-0.05, 0) is 18.1 Å². The van der Waals surface area contributed by atoms with Crippen molar-refractivity contribution in [2.75, 3.05) is 6.54 Å². The fraction of sp³-hybridized carbons (Fsp3) is 0.462. The number of hydrogen-bond donors (Lipinski definition) is 1. The van der Waals surface area contributed by atoms with Crippen molar-refractivity contribution >= 4 is 29.0 Å². The SMILES string of the molecule is CCC(C)(CN)C(=O)Cc1cccc(Cl)c1Cl. The lowest BCUT2D eigenvalue weighted by Gasteiger charge is -2.24. The molecule has 17 heavy (non-hydrogen) atoms. The van der Waals surface area contributed by atoms with Crippen molar-refractivity contribution in [3.8, 4) is 0 Å². The molecule has 0 spiro atoms. The van der Waals surface area contributed by atoms with Gasteiger partial charge in [-0.3, -0.25) is 4.79 Å². The number of rotatable bonds is 5. The molecular weight excluding hydrogens is 257 g/mol. The van der Waals surface area contributed by atoms with Gasteiger partial charge < -0.3 is 5.73 Å². The first-order valence-corrected chi connectivity index (χ1v) is 6.36. The van der Waals surface area contributed by atoms with E-state index < -0.39 is 5.41 Å². The second-order valence-electron chi connectivity index (χ2n) is 4.43. The van der Waals surface area contributed by atoms with Crippen molar-refractivity contribution in [3.63, 3.8) is 0 Å². The summed E-state index contributed by atoms with van der Waals surface area (Å²) in [7, 11) is 0. The molecule has 0 aliphatic rings. The van der Waals surface area contributed by atoms with Crippen molar-refractivity contribution in [2.45, 2.75) is 26.7 Å². The summed E-state index contributed by atoms with van der Waals surface area (Å²) in [6.45, 7) is 4.19. The average molecular weight is 274 g/mol. The maximum atomic E-state index is 12.2. The van der Waals surface area contributed by atoms with Crippen molar-refractivity contribution in [2.24, 2.45) is 11.1 Å². The summed E-state index contributed by atoms with van der Waals surface area (Å²) in [5.41, 5.74) is 5.94. The number of carbonyl (C=O) groups excluding carboxylic acids is 1. The van der Waals surface area contributed by atoms with Gasteiger partial charge in [0.1, 0.15) is 5.78 Å². The molecule has 4 heteroatoms. The summed E-state index contributed by atoms with van der Waals surface area (Å²) in [6.07, 6.45) is 1.00. The van der Waals surface area contributed by atoms with Crippen LogP contribution in [0.15, 0.2) is 18.2 Å². The maximum Gasteiger partial charge on any atom is 0.144 e. The molecule has 94 valence electrons. The van der Waals surface area contributed by atoms with E-state index in [1.165, 1.54) is 0 Å². The highest BCUT2D eigenvalue weighted by Crippen LogP contribution is 2.29. The van der Waals surface area contributed by atoms with Crippen LogP contribution in [0.3, 0.4) is 0 Å². The zero-order chi connectivity index (χ0) is 13.1. The van der Waals surface area contributed by atoms with Crippen molar-refractivity contribution in [3.05, 3.63) is 33.8 Å². The lowest BCUT2D eigenvalue weighted by atomic mass is 9.80. The molecule has 0 bridgehead atoms. The Morgan fingerprint density at radius 2 is 2.06 bits per heavy atom. The van der Waals surface area contributed by atoms with E-state index in [1.807, 2.05) is 19.9 Å². The predicted octanol–water partition coefficient (Wildman–Crippen LogP) is 3.48. The summed E-state index contributed by atoms with van der Waals surface area (Å²) in [6, 6.07) is 5.32. The Labute approximate surface area is 112 Å². The third kappa shape index (κ3) is 3.21. The first-order valence-electron chi connectivity index (χ1n) is 5.61. The van der Waals surface area contributed by atoms with Gasteiger partial charge in [0.15, 0.2) is 0 Å². The van der Waals surface area contributed by atoms with E-state index in [4.69, 9.17) is 28.9 Å². The van der Waals surface area contributed by atoms with Crippen LogP contribution in [0.25, 0.3) is 0 Å². The van der Waals surface area contributed by atoms with Gasteiger partial charge in [0.05, 0.1) is 10.0 Å². The molecule has 0 fully saturated rings. The highest BCUT2D eigenvalue weighted by Gasteiger charge is 2.29. The predicted molar refractivity (Wildman–Crippen MR) is 72.6 cm³/mol. The van der Waals surface area contributed by atoms with Crippen molar-refractivity contribution in [1.29, 1.82) is 0 Å². The molecule has 0 saturated heterocycles. The van der Waals surface area contributed by atoms with Crippen molar-refractivity contribution < 1.29 is 4.79 Å². The van der Waals surface area contributed by atoms with E-state index in [-0.39, 0.29) is 12.2 Å². The van der Waals surface area contributed by atoms with E-state index in [1.54, 1.807) is 12.1 Å². The average Bonchev–Trinajstić information content (AvgIpc) is 2.33. The van der Waals surface area contributed by atoms with E-state index in [0.29, 0.717) is 16.6 Å². The Kier molecular flexibility index (Phi) is 4.99. The summed E-state index contributed by atoms with van der Waals surface area (Å²) < 4.78 is 0. The van der Waals surface area contributed by atoms with E-state index in [2.05, 4.69) is 0 Å². The Balaban J connectivity index is 2.92. The fourth-order valence-corrected chi connectivity index (χ4v) is 1.91. The molecule has 1 atom stereocenters. The number of carbonyl (C=O) groups is 1. The van der Waals surface area contributed by atoms with Crippen LogP contribution >= 0.6 is 23.2 Å². The highest BCUT2D eigenvalue weighted by molar-refractivity contribution is 6.42. The molecule has 0 heterocycles. The molecular formula is C13H17Cl2NO. The van der Waals surface area contributed by atoms with Gasteiger partial charge in [-0.15, -0.1) is 0 Å². The van der Waals surface area contributed by atoms with E-state index in [0.717, 1.165) is 12.0 Å². The molecule has 1 unspecified atom stereocenters. The van der Waals surface area contributed by atoms with Crippen molar-refractivity contribution in [1.82, 2.24) is 0 Å². The third-order valence-corrected chi connectivity index (χ3v) is 4.14. The molecule has 0 aliphatic carbocycles. The minimum absolute atomic E-state index is 0.103. The van der Waals surface area contributed by atoms with Crippen LogP contribution in [0.4, 0.5) is 0 Å². The minimum atomic E-state index is -0.481. The number of ketones is 1. The van der Waals surface area contributed by atoms with Gasteiger partial charge in [0.2, 0.25) is 0 Å². The van der Waals surface area contributed by atoms with Crippen LogP contribution in [0, 0.1) is 5.41 Å². The standard InChI is InChI=1S/C13H17Cl2NO/c1-3-13(2,8-16)11(17)7-9-5-4-6-10(14)12(9)15/h4-6H,3,7-8,16H2,1-2H3. The summed E-state index contributed by atoms with van der Waals surface area (Å²) >= 11 is 12.0. The Morgan fingerprint density at radius 3 is 2.59 bits per heavy atom. The maximum absolute atomic E-state index is 12.2. The van der Waals surface area contributed by atoms with Crippen LogP contribution in [0.5, 0.6) is 0 Å². The molecule has 0 aliphatic heterocycles. The number of nitrogens with two attached hydrogens (primary N) is 1. The zero-order valence-corrected chi connectivity index (χ0v) is 11.6. The van der Waals surface area contributed by atoms with Crippen LogP contribution < -0.4 is 5.73 Å². The Morgan fingerprint density at radius 1 is 1.41 bits per heavy atom. The van der Waals surface area contributed by atoms with Gasteiger partial charge in [0, 0.05) is 18.4 Å². The first-order chi connectivity index (χ1) is 7.94. The molecule has 0 saturated carbocycles. The molecule has 1 aromatic carbocycles. The smallest absolute Gasteiger partial charge is 0.144 e. The summed E-state index contributed by atoms with van der Waals surface area (Å²) in [5.74, 6) is 0.103. The molecule has 0 radical (unpaired) electrons. The van der Waals surface area contributed by atoms with E-state index >= 15 is 0 Å². The number of Topliss-reactive ketones (excluding diaryl/α,β-unsaturated/α-hetero) is 1. The van der Waals surface area contributed by atoms with E-state index in [9.17, 15) is 4.79 Å². The molecule has 0 aromatic heterocycles. The fourth-order valence-electron chi connectivity index (χ4n) is 1.53. The van der Waals surface area contributed by atoms with Crippen LogP contribution in [-0.2, 0) is 11.2 Å². The number of hydrogen-bond acceptors (Lipinski definition) is 2. The number of halogens is 2. The van der Waals surface area contributed by atoms with Gasteiger partial charge >= 0.3 is 0 Å². The quantitative estimate of drug-likeness (QED) is 0.893. The second kappa shape index (κ2) is 5.85. The summed E-state index contributed by atoms with van der Waals surface area (Å²) in [5, 5.41) is 0.931. The highest BCUT2D eigenvalue weighted by atomic mass is 35.5. The Hall–Kier alpha value is -0.570. The topological polar surface area (TPSA) is 43.1 Å². The van der Waals surface area contributed by atoms with Crippen LogP contribution in [0.1, 0.15) is 25.8 Å². The monoisotopic (exact) mass is 273 g/mol. The normalized spacial score (nSPS) is 14.4. The largest absolute Gasteiger partial charge is 0.329 e. The molecule has 1 aromatic rings. The third-order valence-electron chi connectivity index (χ3n) is 3.29. The Bertz CT molecular complexity index is 414. The van der Waals surface area contributed by atoms with Gasteiger partial charge in [-0.1, -0.05) is 49.2 Å². The van der Waals surface area contributed by atoms with Gasteiger partial charge in [-0.2, -0.15) is 0 Å². The molecule has 2 nitrogen and oxygen atoms in total. The first kappa shape index (κ1) is 14.5.